The molecule has 1 saturated heterocycles. The molecule has 1 amide bonds. The van der Waals surface area contributed by atoms with Crippen LogP contribution in [0.15, 0.2) is 47.5 Å². The lowest BCUT2D eigenvalue weighted by Gasteiger charge is -2.38. The standard InChI is InChI=1S/C22H15ClF3N7OS/c1-2-14(34)32-6-8(7-32)33-20-9-3-10(23)15(17(26)18(9)28-5-13(20)30-31-33)16-11(24)4-12(25)21-19(16)29-22(27)35-21/h2-5,8,12,21H,1,6-7H2,(H2,27,29). The maximum atomic E-state index is 15.9. The molecule has 1 aromatic carbocycles. The Balaban J connectivity index is 1.53. The van der Waals surface area contributed by atoms with E-state index >= 15 is 8.78 Å². The van der Waals surface area contributed by atoms with E-state index in [0.717, 1.165) is 17.8 Å². The number of amidine groups is 1. The molecule has 1 fully saturated rings. The topological polar surface area (TPSA) is 102 Å². The van der Waals surface area contributed by atoms with Crippen LogP contribution >= 0.6 is 23.4 Å². The first-order valence-corrected chi connectivity index (χ1v) is 11.7. The van der Waals surface area contributed by atoms with Gasteiger partial charge in [-0.25, -0.2) is 22.8 Å². The third-order valence-corrected chi connectivity index (χ3v) is 7.63. The number of allylic oxidation sites excluding steroid dienone is 3. The molecule has 2 atom stereocenters. The molecular formula is C22H15ClF3N7OS. The van der Waals surface area contributed by atoms with Crippen molar-refractivity contribution < 1.29 is 18.0 Å². The largest absolute Gasteiger partial charge is 0.378 e. The van der Waals surface area contributed by atoms with Gasteiger partial charge in [0.25, 0.3) is 0 Å². The van der Waals surface area contributed by atoms with Crippen molar-refractivity contribution in [1.29, 1.82) is 0 Å². The second-order valence-corrected chi connectivity index (χ2v) is 9.85. The van der Waals surface area contributed by atoms with Crippen LogP contribution in [0.3, 0.4) is 0 Å². The molecule has 0 spiro atoms. The van der Waals surface area contributed by atoms with Gasteiger partial charge >= 0.3 is 0 Å². The number of aliphatic imine (C=N–C) groups is 1. The minimum absolute atomic E-state index is 0.00520. The lowest BCUT2D eigenvalue weighted by molar-refractivity contribution is -0.131. The predicted molar refractivity (Wildman–Crippen MR) is 128 cm³/mol. The van der Waals surface area contributed by atoms with Crippen LogP contribution in [0.2, 0.25) is 5.02 Å². The van der Waals surface area contributed by atoms with Crippen LogP contribution in [-0.2, 0) is 4.79 Å². The van der Waals surface area contributed by atoms with Crippen molar-refractivity contribution in [3.05, 3.63) is 58.9 Å². The maximum Gasteiger partial charge on any atom is 0.246 e. The molecule has 2 aromatic heterocycles. The number of benzene rings is 1. The van der Waals surface area contributed by atoms with E-state index in [4.69, 9.17) is 17.3 Å². The number of fused-ring (bicyclic) bond motifs is 4. The molecule has 0 saturated carbocycles. The van der Waals surface area contributed by atoms with Crippen molar-refractivity contribution in [2.24, 2.45) is 10.7 Å². The highest BCUT2D eigenvalue weighted by atomic mass is 35.5. The van der Waals surface area contributed by atoms with E-state index in [1.807, 2.05) is 0 Å². The van der Waals surface area contributed by atoms with Crippen LogP contribution < -0.4 is 5.73 Å². The molecule has 0 radical (unpaired) electrons. The fraction of sp³-hybridized carbons (Fsp3) is 0.227. The smallest absolute Gasteiger partial charge is 0.246 e. The van der Waals surface area contributed by atoms with E-state index in [2.05, 4.69) is 26.9 Å². The molecule has 35 heavy (non-hydrogen) atoms. The van der Waals surface area contributed by atoms with Crippen molar-refractivity contribution >= 4 is 61.9 Å². The third-order valence-electron chi connectivity index (χ3n) is 6.27. The zero-order valence-electron chi connectivity index (χ0n) is 17.8. The molecule has 2 aliphatic heterocycles. The quantitative estimate of drug-likeness (QED) is 0.532. The summed E-state index contributed by atoms with van der Waals surface area (Å²) in [6.45, 7) is 4.25. The molecule has 2 N–H and O–H groups in total. The minimum Gasteiger partial charge on any atom is -0.378 e. The van der Waals surface area contributed by atoms with Crippen molar-refractivity contribution in [3.8, 4) is 0 Å². The van der Waals surface area contributed by atoms with Crippen LogP contribution in [0, 0.1) is 5.82 Å². The number of hydrogen-bond acceptors (Lipinski definition) is 7. The Morgan fingerprint density at radius 1 is 1.34 bits per heavy atom. The van der Waals surface area contributed by atoms with Crippen LogP contribution in [0.4, 0.5) is 13.2 Å². The number of hydrogen-bond donors (Lipinski definition) is 1. The number of carbonyl (C=O) groups excluding carboxylic acids is 1. The first kappa shape index (κ1) is 22.1. The van der Waals surface area contributed by atoms with E-state index in [1.54, 1.807) is 9.58 Å². The van der Waals surface area contributed by atoms with Gasteiger partial charge in [-0.1, -0.05) is 35.2 Å². The van der Waals surface area contributed by atoms with Gasteiger partial charge in [-0.15, -0.1) is 5.10 Å². The van der Waals surface area contributed by atoms with E-state index < -0.39 is 23.1 Å². The summed E-state index contributed by atoms with van der Waals surface area (Å²) in [6.07, 6.45) is 1.70. The highest BCUT2D eigenvalue weighted by Gasteiger charge is 2.40. The Bertz CT molecular complexity index is 1560. The van der Waals surface area contributed by atoms with Gasteiger partial charge in [0, 0.05) is 29.6 Å². The normalized spacial score (nSPS) is 22.3. The lowest BCUT2D eigenvalue weighted by atomic mass is 9.93. The molecule has 8 nitrogen and oxygen atoms in total. The number of alkyl halides is 1. The molecular weight excluding hydrogens is 503 g/mol. The molecule has 3 aromatic rings. The summed E-state index contributed by atoms with van der Waals surface area (Å²) in [7, 11) is 0. The van der Waals surface area contributed by atoms with E-state index in [0.29, 0.717) is 29.5 Å². The molecule has 6 rings (SSSR count). The summed E-state index contributed by atoms with van der Waals surface area (Å²) in [5.74, 6) is -2.06. The van der Waals surface area contributed by atoms with Crippen molar-refractivity contribution in [2.45, 2.75) is 17.5 Å². The molecule has 3 aliphatic rings. The van der Waals surface area contributed by atoms with Crippen LogP contribution in [0.5, 0.6) is 0 Å². The summed E-state index contributed by atoms with van der Waals surface area (Å²) in [5, 5.41) is 7.67. The Kier molecular flexibility index (Phi) is 4.94. The van der Waals surface area contributed by atoms with Gasteiger partial charge in [0.05, 0.1) is 28.2 Å². The van der Waals surface area contributed by atoms with Crippen LogP contribution in [0.1, 0.15) is 11.6 Å². The highest BCUT2D eigenvalue weighted by Crippen LogP contribution is 2.47. The summed E-state index contributed by atoms with van der Waals surface area (Å²) in [5.41, 5.74) is 6.03. The zero-order chi connectivity index (χ0) is 24.6. The first-order chi connectivity index (χ1) is 16.8. The number of halogens is 4. The number of pyridine rings is 1. The van der Waals surface area contributed by atoms with Crippen LogP contribution in [-0.4, -0.2) is 60.5 Å². The SMILES string of the molecule is C=CC(=O)N1CC(n2nnc3cnc4c(F)c(C5=C6N=C(N)SC6C(F)C=C5F)c(Cl)cc4c32)C1. The zero-order valence-corrected chi connectivity index (χ0v) is 19.3. The number of nitrogens with two attached hydrogens (primary N) is 1. The molecule has 1 aliphatic carbocycles. The van der Waals surface area contributed by atoms with Gasteiger partial charge in [-0.05, 0) is 18.2 Å². The second-order valence-electron chi connectivity index (χ2n) is 8.28. The fourth-order valence-electron chi connectivity index (χ4n) is 4.59. The summed E-state index contributed by atoms with van der Waals surface area (Å²) in [4.78, 5) is 21.7. The number of rotatable bonds is 3. The second kappa shape index (κ2) is 7.82. The van der Waals surface area contributed by atoms with Gasteiger partial charge in [-0.3, -0.25) is 9.78 Å². The number of amides is 1. The Morgan fingerprint density at radius 3 is 2.86 bits per heavy atom. The van der Waals surface area contributed by atoms with E-state index in [-0.39, 0.29) is 44.5 Å². The molecule has 178 valence electrons. The van der Waals surface area contributed by atoms with Crippen molar-refractivity contribution in [2.75, 3.05) is 13.1 Å². The molecule has 4 heterocycles. The predicted octanol–water partition coefficient (Wildman–Crippen LogP) is 3.69. The molecule has 2 unspecified atom stereocenters. The Hall–Kier alpha value is -3.38. The van der Waals surface area contributed by atoms with Crippen molar-refractivity contribution in [3.63, 3.8) is 0 Å². The number of aromatic nitrogens is 4. The summed E-state index contributed by atoms with van der Waals surface area (Å²) < 4.78 is 47.0. The monoisotopic (exact) mass is 517 g/mol. The minimum atomic E-state index is -1.67. The third kappa shape index (κ3) is 3.19. The van der Waals surface area contributed by atoms with Crippen LogP contribution in [0.25, 0.3) is 27.5 Å². The van der Waals surface area contributed by atoms with Gasteiger partial charge in [0.15, 0.2) is 11.0 Å². The van der Waals surface area contributed by atoms with Gasteiger partial charge in [0.2, 0.25) is 5.91 Å². The summed E-state index contributed by atoms with van der Waals surface area (Å²) in [6, 6.07) is 1.28. The maximum absolute atomic E-state index is 15.9. The highest BCUT2D eigenvalue weighted by molar-refractivity contribution is 8.14. The Labute approximate surface area is 205 Å². The average molecular weight is 518 g/mol. The molecule has 13 heteroatoms. The first-order valence-electron chi connectivity index (χ1n) is 10.5. The van der Waals surface area contributed by atoms with Gasteiger partial charge < -0.3 is 10.6 Å². The summed E-state index contributed by atoms with van der Waals surface area (Å²) >= 11 is 7.45. The van der Waals surface area contributed by atoms with E-state index in [1.165, 1.54) is 18.3 Å². The fourth-order valence-corrected chi connectivity index (χ4v) is 5.78. The Morgan fingerprint density at radius 2 is 2.11 bits per heavy atom. The van der Waals surface area contributed by atoms with Gasteiger partial charge in [0.1, 0.15) is 28.5 Å². The van der Waals surface area contributed by atoms with E-state index in [9.17, 15) is 9.18 Å². The van der Waals surface area contributed by atoms with Crippen molar-refractivity contribution in [1.82, 2.24) is 24.9 Å². The number of nitrogens with zero attached hydrogens (tertiary/aromatic N) is 6. The van der Waals surface area contributed by atoms with Gasteiger partial charge in [-0.2, -0.15) is 0 Å². The number of likely N-dealkylation sites (tertiary alicyclic amines) is 1. The average Bonchev–Trinajstić information content (AvgIpc) is 3.38. The number of thioether (sulfide) groups is 1. The molecule has 0 bridgehead atoms. The number of carbonyl (C=O) groups is 1. The lowest BCUT2D eigenvalue weighted by Crippen LogP contribution is -2.50.